The number of nitrogen functional groups attached to an aromatic ring is 2. The van der Waals surface area contributed by atoms with Gasteiger partial charge in [-0.05, 0) is 6.07 Å². The van der Waals surface area contributed by atoms with Crippen LogP contribution in [0.5, 0.6) is 0 Å². The lowest BCUT2D eigenvalue weighted by atomic mass is 10.2. The molecule has 0 atom stereocenters. The second-order valence-electron chi connectivity index (χ2n) is 4.29. The maximum absolute atomic E-state index is 7.28. The van der Waals surface area contributed by atoms with Crippen LogP contribution >= 0.6 is 11.3 Å². The molecule has 0 radical (unpaired) electrons. The van der Waals surface area contributed by atoms with Gasteiger partial charge in [0.05, 0.1) is 29.0 Å². The van der Waals surface area contributed by atoms with Gasteiger partial charge in [-0.25, -0.2) is 9.97 Å². The van der Waals surface area contributed by atoms with Crippen LogP contribution in [0.1, 0.15) is 15.4 Å². The Morgan fingerprint density at radius 1 is 1.36 bits per heavy atom. The normalized spacial score (nSPS) is 11.2. The Morgan fingerprint density at radius 2 is 2.14 bits per heavy atom. The zero-order chi connectivity index (χ0) is 16.1. The van der Waals surface area contributed by atoms with Crippen molar-refractivity contribution < 1.29 is 0 Å². The number of allylic oxidation sites excluding steroid dienone is 1. The number of hydrogen-bond acceptors (Lipinski definition) is 9. The molecule has 0 bridgehead atoms. The van der Waals surface area contributed by atoms with Gasteiger partial charge >= 0.3 is 0 Å². The highest BCUT2D eigenvalue weighted by Crippen LogP contribution is 2.24. The molecule has 2 rings (SSSR count). The third kappa shape index (κ3) is 3.20. The Bertz CT molecular complexity index is 734. The van der Waals surface area contributed by atoms with Gasteiger partial charge in [0.1, 0.15) is 0 Å². The molecule has 8 nitrogen and oxygen atoms in total. The van der Waals surface area contributed by atoms with Crippen molar-refractivity contribution >= 4 is 46.7 Å². The van der Waals surface area contributed by atoms with E-state index in [2.05, 4.69) is 15.3 Å². The van der Waals surface area contributed by atoms with E-state index in [1.807, 2.05) is 0 Å². The van der Waals surface area contributed by atoms with Gasteiger partial charge in [-0.15, -0.1) is 11.3 Å². The summed E-state index contributed by atoms with van der Waals surface area (Å²) in [4.78, 5) is 10.0. The minimum absolute atomic E-state index is 0.252. The van der Waals surface area contributed by atoms with Gasteiger partial charge in [-0.1, -0.05) is 0 Å². The van der Waals surface area contributed by atoms with E-state index in [0.29, 0.717) is 34.2 Å². The van der Waals surface area contributed by atoms with E-state index in [1.54, 1.807) is 6.07 Å². The molecule has 0 fully saturated rings. The van der Waals surface area contributed by atoms with E-state index in [-0.39, 0.29) is 5.82 Å². The smallest absolute Gasteiger partial charge is 0.169 e. The first-order chi connectivity index (χ1) is 10.6. The summed E-state index contributed by atoms with van der Waals surface area (Å²) in [6, 6.07) is 1.80. The van der Waals surface area contributed by atoms with Gasteiger partial charge < -0.3 is 33.3 Å². The molecular formula is C13H16N8S. The second kappa shape index (κ2) is 6.68. The van der Waals surface area contributed by atoms with Gasteiger partial charge in [0, 0.05) is 29.1 Å². The molecule has 22 heavy (non-hydrogen) atoms. The van der Waals surface area contributed by atoms with Crippen LogP contribution < -0.4 is 22.5 Å². The molecule has 0 saturated heterocycles. The van der Waals surface area contributed by atoms with Crippen molar-refractivity contribution in [2.75, 3.05) is 16.8 Å². The average Bonchev–Trinajstić information content (AvgIpc) is 2.88. The fourth-order valence-electron chi connectivity index (χ4n) is 1.72. The maximum Gasteiger partial charge on any atom is 0.169 e. The first-order valence-electron chi connectivity index (χ1n) is 6.26. The van der Waals surface area contributed by atoms with E-state index >= 15 is 0 Å². The van der Waals surface area contributed by atoms with E-state index in [1.165, 1.54) is 29.9 Å². The number of anilines is 3. The number of aromatic nitrogens is 2. The lowest BCUT2D eigenvalue weighted by molar-refractivity contribution is 1.10. The van der Waals surface area contributed by atoms with Crippen LogP contribution in [0.4, 0.5) is 17.3 Å². The zero-order valence-corrected chi connectivity index (χ0v) is 12.4. The van der Waals surface area contributed by atoms with Crippen molar-refractivity contribution in [2.24, 2.45) is 5.73 Å². The van der Waals surface area contributed by atoms with Crippen LogP contribution in [-0.2, 0) is 6.54 Å². The van der Waals surface area contributed by atoms with Crippen molar-refractivity contribution in [3.63, 3.8) is 0 Å². The molecule has 2 aromatic heterocycles. The predicted molar refractivity (Wildman–Crippen MR) is 91.3 cm³/mol. The molecule has 0 aliphatic rings. The highest BCUT2D eigenvalue weighted by molar-refractivity contribution is 7.14. The lowest BCUT2D eigenvalue weighted by Gasteiger charge is -2.08. The molecule has 0 amide bonds. The van der Waals surface area contributed by atoms with Crippen molar-refractivity contribution in [2.45, 2.75) is 6.54 Å². The average molecular weight is 316 g/mol. The summed E-state index contributed by atoms with van der Waals surface area (Å²) in [5.74, 6) is 0.656. The summed E-state index contributed by atoms with van der Waals surface area (Å²) in [5, 5.41) is 17.6. The fraction of sp³-hybridized carbons (Fsp3) is 0.0769. The summed E-state index contributed by atoms with van der Waals surface area (Å²) in [5.41, 5.74) is 18.5. The molecule has 0 aliphatic carbocycles. The Kier molecular flexibility index (Phi) is 4.69. The van der Waals surface area contributed by atoms with Crippen LogP contribution in [0.2, 0.25) is 0 Å². The number of nitrogens with one attached hydrogen (secondary N) is 3. The van der Waals surface area contributed by atoms with Crippen molar-refractivity contribution in [3.05, 3.63) is 33.9 Å². The predicted octanol–water partition coefficient (Wildman–Crippen LogP) is 1.26. The monoisotopic (exact) mass is 316 g/mol. The van der Waals surface area contributed by atoms with Crippen molar-refractivity contribution in [3.8, 4) is 0 Å². The molecule has 9 N–H and O–H groups in total. The topological polar surface area (TPSA) is 164 Å². The Labute approximate surface area is 131 Å². The summed E-state index contributed by atoms with van der Waals surface area (Å²) in [6.07, 6.45) is 5.06. The van der Waals surface area contributed by atoms with Crippen LogP contribution in [0.25, 0.3) is 5.57 Å². The van der Waals surface area contributed by atoms with Crippen LogP contribution in [-0.4, -0.2) is 22.4 Å². The van der Waals surface area contributed by atoms with Gasteiger partial charge in [-0.3, -0.25) is 0 Å². The lowest BCUT2D eigenvalue weighted by Crippen LogP contribution is -2.07. The molecular weight excluding hydrogens is 300 g/mol. The minimum atomic E-state index is 0.252. The quantitative estimate of drug-likeness (QED) is 0.439. The molecule has 2 aromatic rings. The number of hydrogen-bond donors (Lipinski definition) is 6. The standard InChI is InChI=1S/C13H16N8S/c14-2-7(3-15)10-6-19-12(18)13(21-10)20-5-8-1-9(17)11(4-16)22-8/h1-4,6,14,16H,5,15,17H2,(H2,18,19)(H,20,21)/b7-3+,14-2?,16-4?. The van der Waals surface area contributed by atoms with E-state index in [0.717, 1.165) is 11.1 Å². The molecule has 0 aromatic carbocycles. The van der Waals surface area contributed by atoms with E-state index in [9.17, 15) is 0 Å². The Balaban J connectivity index is 2.19. The largest absolute Gasteiger partial charge is 0.404 e. The molecule has 9 heteroatoms. The van der Waals surface area contributed by atoms with Crippen LogP contribution in [0.15, 0.2) is 18.5 Å². The molecule has 0 saturated carbocycles. The Morgan fingerprint density at radius 3 is 2.73 bits per heavy atom. The van der Waals surface area contributed by atoms with E-state index < -0.39 is 0 Å². The molecule has 0 aliphatic heterocycles. The van der Waals surface area contributed by atoms with E-state index in [4.69, 9.17) is 28.0 Å². The Hall–Kier alpha value is -2.94. The fourth-order valence-corrected chi connectivity index (χ4v) is 2.57. The SMILES string of the molecule is N=C/C(=C\N)c1cnc(N)c(NCc2cc(N)c(C=N)s2)n1. The molecule has 2 heterocycles. The number of nitrogens with zero attached hydrogens (tertiary/aromatic N) is 2. The summed E-state index contributed by atoms with van der Waals surface area (Å²) >= 11 is 1.42. The highest BCUT2D eigenvalue weighted by atomic mass is 32.1. The molecule has 114 valence electrons. The third-order valence-corrected chi connectivity index (χ3v) is 3.93. The first-order valence-corrected chi connectivity index (χ1v) is 7.08. The third-order valence-electron chi connectivity index (χ3n) is 2.83. The van der Waals surface area contributed by atoms with Crippen LogP contribution in [0.3, 0.4) is 0 Å². The van der Waals surface area contributed by atoms with Gasteiger partial charge in [-0.2, -0.15) is 0 Å². The zero-order valence-electron chi connectivity index (χ0n) is 11.6. The molecule has 0 unspecified atom stereocenters. The highest BCUT2D eigenvalue weighted by Gasteiger charge is 2.09. The first kappa shape index (κ1) is 15.4. The van der Waals surface area contributed by atoms with Gasteiger partial charge in [0.15, 0.2) is 11.6 Å². The maximum atomic E-state index is 7.28. The second-order valence-corrected chi connectivity index (χ2v) is 5.45. The van der Waals surface area contributed by atoms with Gasteiger partial charge in [0.2, 0.25) is 0 Å². The summed E-state index contributed by atoms with van der Waals surface area (Å²) in [6.45, 7) is 0.456. The van der Waals surface area contributed by atoms with Crippen LogP contribution in [0, 0.1) is 10.8 Å². The number of nitrogens with two attached hydrogens (primary N) is 3. The van der Waals surface area contributed by atoms with Crippen molar-refractivity contribution in [1.82, 2.24) is 9.97 Å². The number of thiophene rings is 1. The minimum Gasteiger partial charge on any atom is -0.404 e. The summed E-state index contributed by atoms with van der Waals surface area (Å²) in [7, 11) is 0. The summed E-state index contributed by atoms with van der Waals surface area (Å²) < 4.78 is 0. The molecule has 0 spiro atoms. The number of rotatable bonds is 6. The van der Waals surface area contributed by atoms with Gasteiger partial charge in [0.25, 0.3) is 0 Å². The van der Waals surface area contributed by atoms with Crippen molar-refractivity contribution in [1.29, 1.82) is 10.8 Å².